The maximum absolute atomic E-state index is 11.3. The molecule has 0 aromatic heterocycles. The van der Waals surface area contributed by atoms with Crippen molar-refractivity contribution >= 4 is 17.4 Å². The number of carbonyl (C=O) groups excluding carboxylic acids is 1. The molecule has 0 aliphatic rings. The molecule has 0 bridgehead atoms. The second-order valence-electron chi connectivity index (χ2n) is 2.98. The summed E-state index contributed by atoms with van der Waals surface area (Å²) in [5.74, 6) is -0.131. The maximum Gasteiger partial charge on any atom is 0.186 e. The molecule has 0 N–H and O–H groups in total. The van der Waals surface area contributed by atoms with E-state index in [0.717, 1.165) is 11.1 Å². The van der Waals surface area contributed by atoms with Crippen molar-refractivity contribution in [2.75, 3.05) is 0 Å². The Bertz CT molecular complexity index is 367. The predicted octanol–water partition coefficient (Wildman–Crippen LogP) is 3.33. The highest BCUT2D eigenvalue weighted by molar-refractivity contribution is 6.34. The zero-order valence-electron chi connectivity index (χ0n) is 7.73. The molecule has 2 heteroatoms. The van der Waals surface area contributed by atoms with Crippen LogP contribution in [0.25, 0.3) is 0 Å². The SMILES string of the molecule is C=CC(=O)c1cc(C)c(C)cc1Cl. The molecule has 0 unspecified atom stereocenters. The van der Waals surface area contributed by atoms with Crippen LogP contribution in [0.3, 0.4) is 0 Å². The largest absolute Gasteiger partial charge is 0.289 e. The van der Waals surface area contributed by atoms with Gasteiger partial charge >= 0.3 is 0 Å². The summed E-state index contributed by atoms with van der Waals surface area (Å²) in [4.78, 5) is 11.3. The van der Waals surface area contributed by atoms with Gasteiger partial charge in [0.15, 0.2) is 5.78 Å². The van der Waals surface area contributed by atoms with E-state index in [0.29, 0.717) is 10.6 Å². The maximum atomic E-state index is 11.3. The fourth-order valence-electron chi connectivity index (χ4n) is 1.08. The zero-order valence-corrected chi connectivity index (χ0v) is 8.48. The normalized spacial score (nSPS) is 9.77. The molecule has 1 aromatic rings. The molecule has 13 heavy (non-hydrogen) atoms. The van der Waals surface area contributed by atoms with E-state index in [2.05, 4.69) is 6.58 Å². The molecule has 0 aliphatic carbocycles. The van der Waals surface area contributed by atoms with Crippen molar-refractivity contribution in [2.24, 2.45) is 0 Å². The molecule has 0 atom stereocenters. The summed E-state index contributed by atoms with van der Waals surface area (Å²) in [5.41, 5.74) is 2.68. The van der Waals surface area contributed by atoms with Gasteiger partial charge in [-0.05, 0) is 43.2 Å². The van der Waals surface area contributed by atoms with Crippen LogP contribution in [-0.2, 0) is 0 Å². The number of allylic oxidation sites excluding steroid dienone is 1. The van der Waals surface area contributed by atoms with Gasteiger partial charge in [-0.1, -0.05) is 18.2 Å². The molecule has 0 heterocycles. The van der Waals surface area contributed by atoms with Gasteiger partial charge < -0.3 is 0 Å². The second kappa shape index (κ2) is 3.75. The molecule has 0 spiro atoms. The summed E-state index contributed by atoms with van der Waals surface area (Å²) < 4.78 is 0. The standard InChI is InChI=1S/C11H11ClO/c1-4-11(13)9-5-7(2)8(3)6-10(9)12/h4-6H,1H2,2-3H3. The Morgan fingerprint density at radius 3 is 2.46 bits per heavy atom. The van der Waals surface area contributed by atoms with E-state index in [-0.39, 0.29) is 5.78 Å². The highest BCUT2D eigenvalue weighted by Crippen LogP contribution is 2.21. The van der Waals surface area contributed by atoms with Crippen molar-refractivity contribution < 1.29 is 4.79 Å². The Morgan fingerprint density at radius 1 is 1.38 bits per heavy atom. The van der Waals surface area contributed by atoms with Gasteiger partial charge in [0.25, 0.3) is 0 Å². The summed E-state index contributed by atoms with van der Waals surface area (Å²) >= 11 is 5.91. The van der Waals surface area contributed by atoms with Crippen molar-refractivity contribution in [3.05, 3.63) is 46.5 Å². The number of rotatable bonds is 2. The molecular weight excluding hydrogens is 184 g/mol. The first-order valence-corrected chi connectivity index (χ1v) is 4.37. The monoisotopic (exact) mass is 194 g/mol. The van der Waals surface area contributed by atoms with E-state index in [1.807, 2.05) is 13.8 Å². The number of ketones is 1. The Labute approximate surface area is 83.0 Å². The average Bonchev–Trinajstić information content (AvgIpc) is 2.10. The van der Waals surface area contributed by atoms with E-state index in [4.69, 9.17) is 11.6 Å². The number of halogens is 1. The highest BCUT2D eigenvalue weighted by Gasteiger charge is 2.08. The van der Waals surface area contributed by atoms with Crippen molar-refractivity contribution in [2.45, 2.75) is 13.8 Å². The molecule has 1 rings (SSSR count). The smallest absolute Gasteiger partial charge is 0.186 e. The summed E-state index contributed by atoms with van der Waals surface area (Å²) in [6, 6.07) is 3.59. The summed E-state index contributed by atoms with van der Waals surface area (Å²) in [6.07, 6.45) is 1.27. The molecule has 0 radical (unpaired) electrons. The second-order valence-corrected chi connectivity index (χ2v) is 3.39. The lowest BCUT2D eigenvalue weighted by atomic mass is 10.0. The van der Waals surface area contributed by atoms with E-state index >= 15 is 0 Å². The lowest BCUT2D eigenvalue weighted by molar-refractivity contribution is 0.104. The number of aryl methyl sites for hydroxylation is 2. The number of carbonyl (C=O) groups is 1. The fraction of sp³-hybridized carbons (Fsp3) is 0.182. The topological polar surface area (TPSA) is 17.1 Å². The van der Waals surface area contributed by atoms with Crippen LogP contribution in [0.1, 0.15) is 21.5 Å². The molecule has 0 saturated carbocycles. The van der Waals surface area contributed by atoms with Crippen molar-refractivity contribution in [1.29, 1.82) is 0 Å². The third-order valence-electron chi connectivity index (χ3n) is 2.03. The molecule has 0 amide bonds. The Balaban J connectivity index is 3.31. The minimum Gasteiger partial charge on any atom is -0.289 e. The Hall–Kier alpha value is -1.08. The third kappa shape index (κ3) is 1.99. The third-order valence-corrected chi connectivity index (χ3v) is 2.35. The molecule has 0 fully saturated rings. The van der Waals surface area contributed by atoms with E-state index < -0.39 is 0 Å². The van der Waals surface area contributed by atoms with Crippen LogP contribution >= 0.6 is 11.6 Å². The van der Waals surface area contributed by atoms with Gasteiger partial charge in [-0.25, -0.2) is 0 Å². The molecule has 0 saturated heterocycles. The van der Waals surface area contributed by atoms with Gasteiger partial charge in [0.2, 0.25) is 0 Å². The van der Waals surface area contributed by atoms with E-state index in [1.165, 1.54) is 6.08 Å². The number of benzene rings is 1. The van der Waals surface area contributed by atoms with Gasteiger partial charge in [0.1, 0.15) is 0 Å². The quantitative estimate of drug-likeness (QED) is 0.522. The zero-order chi connectivity index (χ0) is 10.0. The van der Waals surface area contributed by atoms with Crippen LogP contribution in [0.2, 0.25) is 5.02 Å². The van der Waals surface area contributed by atoms with Crippen LogP contribution in [0.15, 0.2) is 24.8 Å². The molecule has 1 nitrogen and oxygen atoms in total. The summed E-state index contributed by atoms with van der Waals surface area (Å²) in [5, 5.41) is 0.494. The van der Waals surface area contributed by atoms with Crippen molar-refractivity contribution in [3.63, 3.8) is 0 Å². The van der Waals surface area contributed by atoms with Crippen LogP contribution in [0, 0.1) is 13.8 Å². The number of hydrogen-bond acceptors (Lipinski definition) is 1. The van der Waals surface area contributed by atoms with Gasteiger partial charge in [-0.2, -0.15) is 0 Å². The van der Waals surface area contributed by atoms with E-state index in [1.54, 1.807) is 12.1 Å². The Morgan fingerprint density at radius 2 is 1.92 bits per heavy atom. The van der Waals surface area contributed by atoms with Gasteiger partial charge in [0, 0.05) is 5.56 Å². The van der Waals surface area contributed by atoms with E-state index in [9.17, 15) is 4.79 Å². The summed E-state index contributed by atoms with van der Waals surface area (Å²) in [7, 11) is 0. The lowest BCUT2D eigenvalue weighted by Crippen LogP contribution is -1.97. The van der Waals surface area contributed by atoms with Gasteiger partial charge in [-0.15, -0.1) is 0 Å². The molecular formula is C11H11ClO. The van der Waals surface area contributed by atoms with Crippen LogP contribution in [0.5, 0.6) is 0 Å². The molecule has 0 aliphatic heterocycles. The minimum absolute atomic E-state index is 0.131. The van der Waals surface area contributed by atoms with Crippen LogP contribution < -0.4 is 0 Å². The summed E-state index contributed by atoms with van der Waals surface area (Å²) in [6.45, 7) is 7.33. The van der Waals surface area contributed by atoms with Gasteiger partial charge in [0.05, 0.1) is 5.02 Å². The lowest BCUT2D eigenvalue weighted by Gasteiger charge is -2.04. The predicted molar refractivity (Wildman–Crippen MR) is 55.5 cm³/mol. The first-order chi connectivity index (χ1) is 6.06. The average molecular weight is 195 g/mol. The number of hydrogen-bond donors (Lipinski definition) is 0. The van der Waals surface area contributed by atoms with Crippen molar-refractivity contribution in [3.8, 4) is 0 Å². The van der Waals surface area contributed by atoms with Crippen LogP contribution in [0.4, 0.5) is 0 Å². The Kier molecular flexibility index (Phi) is 2.89. The molecule has 68 valence electrons. The first kappa shape index (κ1) is 10.0. The minimum atomic E-state index is -0.131. The fourth-order valence-corrected chi connectivity index (χ4v) is 1.39. The molecule has 1 aromatic carbocycles. The first-order valence-electron chi connectivity index (χ1n) is 3.99. The van der Waals surface area contributed by atoms with Gasteiger partial charge in [-0.3, -0.25) is 4.79 Å². The highest BCUT2D eigenvalue weighted by atomic mass is 35.5. The van der Waals surface area contributed by atoms with Crippen molar-refractivity contribution in [1.82, 2.24) is 0 Å². The van der Waals surface area contributed by atoms with Crippen LogP contribution in [-0.4, -0.2) is 5.78 Å².